The van der Waals surface area contributed by atoms with Crippen molar-refractivity contribution in [2.45, 2.75) is 13.0 Å². The lowest BCUT2D eigenvalue weighted by Gasteiger charge is -2.10. The highest BCUT2D eigenvalue weighted by Crippen LogP contribution is 2.11. The van der Waals surface area contributed by atoms with Crippen LogP contribution < -0.4 is 5.32 Å². The maximum Gasteiger partial charge on any atom is 0.123 e. The fourth-order valence-corrected chi connectivity index (χ4v) is 1.07. The van der Waals surface area contributed by atoms with Crippen LogP contribution in [0.15, 0.2) is 24.3 Å². The summed E-state index contributed by atoms with van der Waals surface area (Å²) in [7, 11) is 0. The standard InChI is InChI=1S/C10H11FN2/c1-8(13-7-6-12)9-2-4-10(11)5-3-9/h2-5,8,13H,7H2,1H3/t8-/m1/s1. The van der Waals surface area contributed by atoms with Gasteiger partial charge in [-0.25, -0.2) is 4.39 Å². The molecule has 1 aromatic rings. The van der Waals surface area contributed by atoms with Gasteiger partial charge in [-0.2, -0.15) is 5.26 Å². The molecule has 1 rings (SSSR count). The zero-order chi connectivity index (χ0) is 9.68. The van der Waals surface area contributed by atoms with Gasteiger partial charge in [-0.3, -0.25) is 5.32 Å². The Kier molecular flexibility index (Phi) is 3.41. The minimum atomic E-state index is -0.240. The molecule has 1 atom stereocenters. The van der Waals surface area contributed by atoms with E-state index in [1.165, 1.54) is 12.1 Å². The van der Waals surface area contributed by atoms with Gasteiger partial charge in [0.05, 0.1) is 12.6 Å². The molecule has 0 aliphatic carbocycles. The summed E-state index contributed by atoms with van der Waals surface area (Å²) in [6, 6.07) is 8.34. The molecule has 0 saturated carbocycles. The molecular weight excluding hydrogens is 167 g/mol. The number of nitriles is 1. The lowest BCUT2D eigenvalue weighted by Crippen LogP contribution is -2.18. The first-order chi connectivity index (χ1) is 6.24. The van der Waals surface area contributed by atoms with Crippen LogP contribution >= 0.6 is 0 Å². The molecular formula is C10H11FN2. The molecule has 0 aliphatic rings. The van der Waals surface area contributed by atoms with E-state index in [4.69, 9.17) is 5.26 Å². The van der Waals surface area contributed by atoms with Gasteiger partial charge in [-0.05, 0) is 24.6 Å². The topological polar surface area (TPSA) is 35.8 Å². The lowest BCUT2D eigenvalue weighted by molar-refractivity contribution is 0.608. The zero-order valence-corrected chi connectivity index (χ0v) is 7.42. The lowest BCUT2D eigenvalue weighted by atomic mass is 10.1. The quantitative estimate of drug-likeness (QED) is 0.718. The van der Waals surface area contributed by atoms with Crippen molar-refractivity contribution >= 4 is 0 Å². The highest BCUT2D eigenvalue weighted by Gasteiger charge is 2.02. The second-order valence-corrected chi connectivity index (χ2v) is 2.81. The molecule has 3 heteroatoms. The van der Waals surface area contributed by atoms with E-state index in [0.29, 0.717) is 6.54 Å². The number of rotatable bonds is 3. The van der Waals surface area contributed by atoms with E-state index in [0.717, 1.165) is 5.56 Å². The molecule has 0 unspecified atom stereocenters. The third kappa shape index (κ3) is 2.85. The van der Waals surface area contributed by atoms with E-state index in [-0.39, 0.29) is 11.9 Å². The van der Waals surface area contributed by atoms with Crippen LogP contribution in [0.25, 0.3) is 0 Å². The molecule has 0 saturated heterocycles. The Hall–Kier alpha value is -1.40. The van der Waals surface area contributed by atoms with Crippen molar-refractivity contribution in [3.05, 3.63) is 35.6 Å². The highest BCUT2D eigenvalue weighted by atomic mass is 19.1. The van der Waals surface area contributed by atoms with Crippen LogP contribution in [0.3, 0.4) is 0 Å². The van der Waals surface area contributed by atoms with Gasteiger partial charge in [-0.1, -0.05) is 12.1 Å². The Balaban J connectivity index is 2.62. The van der Waals surface area contributed by atoms with Gasteiger partial charge in [0, 0.05) is 6.04 Å². The van der Waals surface area contributed by atoms with Crippen molar-refractivity contribution in [3.63, 3.8) is 0 Å². The maximum atomic E-state index is 12.5. The summed E-state index contributed by atoms with van der Waals surface area (Å²) in [5, 5.41) is 11.3. The summed E-state index contributed by atoms with van der Waals surface area (Å²) in [6.45, 7) is 2.24. The van der Waals surface area contributed by atoms with Crippen LogP contribution in [0.2, 0.25) is 0 Å². The first-order valence-electron chi connectivity index (χ1n) is 4.10. The Bertz CT molecular complexity index is 300. The fraction of sp³-hybridized carbons (Fsp3) is 0.300. The first-order valence-corrected chi connectivity index (χ1v) is 4.10. The molecule has 0 aliphatic heterocycles. The Labute approximate surface area is 77.0 Å². The van der Waals surface area contributed by atoms with E-state index >= 15 is 0 Å². The number of benzene rings is 1. The molecule has 68 valence electrons. The number of hydrogen-bond acceptors (Lipinski definition) is 2. The van der Waals surface area contributed by atoms with Crippen LogP contribution in [0.1, 0.15) is 18.5 Å². The number of halogens is 1. The summed E-state index contributed by atoms with van der Waals surface area (Å²) in [5.41, 5.74) is 0.983. The second kappa shape index (κ2) is 4.58. The highest BCUT2D eigenvalue weighted by molar-refractivity contribution is 5.19. The Morgan fingerprint density at radius 2 is 2.08 bits per heavy atom. The van der Waals surface area contributed by atoms with Gasteiger partial charge in [0.2, 0.25) is 0 Å². The van der Waals surface area contributed by atoms with Gasteiger partial charge in [-0.15, -0.1) is 0 Å². The van der Waals surface area contributed by atoms with E-state index < -0.39 is 0 Å². The van der Waals surface area contributed by atoms with Crippen molar-refractivity contribution in [2.24, 2.45) is 0 Å². The van der Waals surface area contributed by atoms with Crippen LogP contribution in [0.4, 0.5) is 4.39 Å². The molecule has 1 aromatic carbocycles. The monoisotopic (exact) mass is 178 g/mol. The number of nitrogens with one attached hydrogen (secondary N) is 1. The SMILES string of the molecule is C[C@@H](NCC#N)c1ccc(F)cc1. The molecule has 1 N–H and O–H groups in total. The first kappa shape index (κ1) is 9.69. The molecule has 0 radical (unpaired) electrons. The summed E-state index contributed by atoms with van der Waals surface area (Å²) in [4.78, 5) is 0. The van der Waals surface area contributed by atoms with Crippen molar-refractivity contribution in [1.82, 2.24) is 5.32 Å². The van der Waals surface area contributed by atoms with Gasteiger partial charge >= 0.3 is 0 Å². The van der Waals surface area contributed by atoms with Crippen molar-refractivity contribution in [1.29, 1.82) is 5.26 Å². The van der Waals surface area contributed by atoms with E-state index in [1.807, 2.05) is 13.0 Å². The molecule has 0 fully saturated rings. The Morgan fingerprint density at radius 3 is 2.62 bits per heavy atom. The summed E-state index contributed by atoms with van der Waals surface area (Å²) >= 11 is 0. The second-order valence-electron chi connectivity index (χ2n) is 2.81. The van der Waals surface area contributed by atoms with Crippen LogP contribution in [-0.2, 0) is 0 Å². The predicted molar refractivity (Wildman–Crippen MR) is 48.4 cm³/mol. The normalized spacial score (nSPS) is 12.1. The number of nitrogens with zero attached hydrogens (tertiary/aromatic N) is 1. The molecule has 0 aromatic heterocycles. The van der Waals surface area contributed by atoms with E-state index in [2.05, 4.69) is 5.32 Å². The van der Waals surface area contributed by atoms with E-state index in [1.54, 1.807) is 12.1 Å². The van der Waals surface area contributed by atoms with Gasteiger partial charge in [0.25, 0.3) is 0 Å². The van der Waals surface area contributed by atoms with Gasteiger partial charge < -0.3 is 0 Å². The van der Waals surface area contributed by atoms with Gasteiger partial charge in [0.1, 0.15) is 5.82 Å². The van der Waals surface area contributed by atoms with Crippen LogP contribution in [0.5, 0.6) is 0 Å². The van der Waals surface area contributed by atoms with Crippen molar-refractivity contribution in [3.8, 4) is 6.07 Å². The smallest absolute Gasteiger partial charge is 0.123 e. The molecule has 0 spiro atoms. The minimum absolute atomic E-state index is 0.0836. The van der Waals surface area contributed by atoms with E-state index in [9.17, 15) is 4.39 Å². The third-order valence-corrected chi connectivity index (χ3v) is 1.86. The fourth-order valence-electron chi connectivity index (χ4n) is 1.07. The zero-order valence-electron chi connectivity index (χ0n) is 7.42. The predicted octanol–water partition coefficient (Wildman–Crippen LogP) is 2.00. The summed E-state index contributed by atoms with van der Waals surface area (Å²) < 4.78 is 12.5. The minimum Gasteiger partial charge on any atom is -0.298 e. The van der Waals surface area contributed by atoms with Crippen LogP contribution in [-0.4, -0.2) is 6.54 Å². The number of hydrogen-bond donors (Lipinski definition) is 1. The third-order valence-electron chi connectivity index (χ3n) is 1.86. The van der Waals surface area contributed by atoms with Crippen molar-refractivity contribution < 1.29 is 4.39 Å². The van der Waals surface area contributed by atoms with Gasteiger partial charge in [0.15, 0.2) is 0 Å². The average Bonchev–Trinajstić information content (AvgIpc) is 2.15. The molecule has 0 heterocycles. The molecule has 2 nitrogen and oxygen atoms in total. The molecule has 13 heavy (non-hydrogen) atoms. The largest absolute Gasteiger partial charge is 0.298 e. The molecule has 0 bridgehead atoms. The van der Waals surface area contributed by atoms with Crippen LogP contribution in [0, 0.1) is 17.1 Å². The Morgan fingerprint density at radius 1 is 1.46 bits per heavy atom. The average molecular weight is 178 g/mol. The molecule has 0 amide bonds. The van der Waals surface area contributed by atoms with Crippen molar-refractivity contribution in [2.75, 3.05) is 6.54 Å². The maximum absolute atomic E-state index is 12.5. The summed E-state index contributed by atoms with van der Waals surface area (Å²) in [6.07, 6.45) is 0. The summed E-state index contributed by atoms with van der Waals surface area (Å²) in [5.74, 6) is -0.240.